The Labute approximate surface area is 208 Å². The fourth-order valence-corrected chi connectivity index (χ4v) is 4.79. The van der Waals surface area contributed by atoms with E-state index in [1.54, 1.807) is 36.4 Å². The second-order valence-electron chi connectivity index (χ2n) is 7.23. The number of rotatable bonds is 8. The van der Waals surface area contributed by atoms with Crippen LogP contribution in [0.25, 0.3) is 0 Å². The van der Waals surface area contributed by atoms with Crippen molar-refractivity contribution in [2.24, 2.45) is 5.73 Å². The minimum Gasteiger partial charge on any atom is -0.414 e. The third kappa shape index (κ3) is 7.74. The second-order valence-corrected chi connectivity index (χ2v) is 9.19. The van der Waals surface area contributed by atoms with Crippen molar-refractivity contribution in [3.63, 3.8) is 0 Å². The average molecular weight is 536 g/mol. The summed E-state index contributed by atoms with van der Waals surface area (Å²) >= 11 is 0. The van der Waals surface area contributed by atoms with Crippen LogP contribution in [0.5, 0.6) is 11.5 Å². The molecule has 0 aromatic heterocycles. The van der Waals surface area contributed by atoms with Crippen LogP contribution in [-0.2, 0) is 14.1 Å². The van der Waals surface area contributed by atoms with Gasteiger partial charge in [-0.25, -0.2) is 14.2 Å². The number of halogens is 3. The molecular weight excluding hydrogens is 516 g/mol. The van der Waals surface area contributed by atoms with E-state index in [2.05, 4.69) is 10.1 Å². The summed E-state index contributed by atoms with van der Waals surface area (Å²) in [6.07, 6.45) is -7.29. The van der Waals surface area contributed by atoms with Crippen LogP contribution in [0, 0.1) is 5.41 Å². The van der Waals surface area contributed by atoms with Crippen molar-refractivity contribution in [1.82, 2.24) is 5.32 Å². The minimum absolute atomic E-state index is 0.0423. The van der Waals surface area contributed by atoms with E-state index in [4.69, 9.17) is 20.2 Å². The first kappa shape index (κ1) is 27.1. The predicted octanol–water partition coefficient (Wildman–Crippen LogP) is 5.16. The topological polar surface area (TPSA) is 153 Å². The maximum Gasteiger partial charge on any atom is 0.491 e. The highest BCUT2D eigenvalue weighted by molar-refractivity contribution is 7.55. The standard InChI is InChI=1S/C23H20F3N4O6P/c24-23(25,26)20(31)34-22(32)30-19(15-11-13-16(14-12-15)29-21(27)28)37(33,35-17-7-3-1-4-8-17)36-18-9-5-2-6-10-18/h1-14,19H,(H,30,32)(H4,27,28,29). The lowest BCUT2D eigenvalue weighted by Gasteiger charge is -2.28. The van der Waals surface area contributed by atoms with Gasteiger partial charge in [-0.1, -0.05) is 48.5 Å². The summed E-state index contributed by atoms with van der Waals surface area (Å²) in [6, 6.07) is 20.9. The lowest BCUT2D eigenvalue weighted by molar-refractivity contribution is -0.192. The number of amides is 1. The van der Waals surface area contributed by atoms with Gasteiger partial charge in [0.1, 0.15) is 11.5 Å². The molecule has 14 heteroatoms. The SMILES string of the molecule is N=C(N)Nc1ccc(C(NC(=O)OC(=O)C(F)(F)F)P(=O)(Oc2ccccc2)Oc2ccccc2)cc1. The van der Waals surface area contributed by atoms with Crippen molar-refractivity contribution in [3.05, 3.63) is 90.5 Å². The Bertz CT molecular complexity index is 1250. The van der Waals surface area contributed by atoms with Crippen molar-refractivity contribution in [2.75, 3.05) is 5.32 Å². The van der Waals surface area contributed by atoms with Crippen molar-refractivity contribution >= 4 is 31.3 Å². The number of esters is 1. The molecule has 0 aliphatic rings. The van der Waals surface area contributed by atoms with Crippen LogP contribution in [0.15, 0.2) is 84.9 Å². The van der Waals surface area contributed by atoms with Gasteiger partial charge in [-0.3, -0.25) is 5.41 Å². The monoisotopic (exact) mass is 536 g/mol. The zero-order valence-corrected chi connectivity index (χ0v) is 19.7. The summed E-state index contributed by atoms with van der Waals surface area (Å²) in [7, 11) is -4.57. The number of carbonyl (C=O) groups is 2. The number of hydrogen-bond donors (Lipinski definition) is 4. The van der Waals surface area contributed by atoms with Gasteiger partial charge in [0.25, 0.3) is 0 Å². The molecule has 0 bridgehead atoms. The molecule has 1 unspecified atom stereocenters. The summed E-state index contributed by atoms with van der Waals surface area (Å²) < 4.78 is 67.3. The maximum atomic E-state index is 14.2. The van der Waals surface area contributed by atoms with E-state index in [9.17, 15) is 27.3 Å². The second kappa shape index (κ2) is 11.5. The number of alkyl carbamates (subject to hydrolysis) is 1. The van der Waals surface area contributed by atoms with Crippen LogP contribution >= 0.6 is 7.60 Å². The van der Waals surface area contributed by atoms with Gasteiger partial charge in [0.05, 0.1) is 0 Å². The van der Waals surface area contributed by atoms with Crippen LogP contribution in [-0.4, -0.2) is 24.2 Å². The van der Waals surface area contributed by atoms with Gasteiger partial charge in [0.2, 0.25) is 0 Å². The highest BCUT2D eigenvalue weighted by atomic mass is 31.2. The molecule has 0 saturated heterocycles. The number of benzene rings is 3. The molecule has 5 N–H and O–H groups in total. The third-order valence-electron chi connectivity index (χ3n) is 4.44. The number of para-hydroxylation sites is 2. The predicted molar refractivity (Wildman–Crippen MR) is 127 cm³/mol. The molecule has 3 aromatic rings. The van der Waals surface area contributed by atoms with Crippen LogP contribution < -0.4 is 25.4 Å². The van der Waals surface area contributed by atoms with Gasteiger partial charge in [0, 0.05) is 5.69 Å². The Morgan fingerprint density at radius 1 is 0.865 bits per heavy atom. The van der Waals surface area contributed by atoms with Gasteiger partial charge >= 0.3 is 25.8 Å². The van der Waals surface area contributed by atoms with Crippen molar-refractivity contribution in [1.29, 1.82) is 5.41 Å². The number of anilines is 1. The highest BCUT2D eigenvalue weighted by Gasteiger charge is 2.46. The molecule has 1 atom stereocenters. The first-order chi connectivity index (χ1) is 17.5. The number of carbonyl (C=O) groups excluding carboxylic acids is 2. The molecule has 3 rings (SSSR count). The summed E-state index contributed by atoms with van der Waals surface area (Å²) in [5.41, 5.74) is 5.68. The van der Waals surface area contributed by atoms with Crippen molar-refractivity contribution in [2.45, 2.75) is 12.0 Å². The molecule has 0 heterocycles. The van der Waals surface area contributed by atoms with Gasteiger partial charge in [-0.2, -0.15) is 13.2 Å². The van der Waals surface area contributed by atoms with E-state index in [0.717, 1.165) is 0 Å². The molecule has 0 aliphatic carbocycles. The van der Waals surface area contributed by atoms with E-state index >= 15 is 0 Å². The molecule has 1 amide bonds. The highest BCUT2D eigenvalue weighted by Crippen LogP contribution is 2.59. The van der Waals surface area contributed by atoms with Crippen molar-refractivity contribution in [3.8, 4) is 11.5 Å². The van der Waals surface area contributed by atoms with E-state index in [-0.39, 0.29) is 23.0 Å². The molecule has 10 nitrogen and oxygen atoms in total. The molecule has 37 heavy (non-hydrogen) atoms. The largest absolute Gasteiger partial charge is 0.491 e. The lowest BCUT2D eigenvalue weighted by Crippen LogP contribution is -2.36. The number of ether oxygens (including phenoxy) is 1. The average Bonchev–Trinajstić information content (AvgIpc) is 2.83. The Hall–Kier alpha value is -4.51. The normalized spacial score (nSPS) is 12.1. The maximum absolute atomic E-state index is 14.2. The first-order valence-corrected chi connectivity index (χ1v) is 12.0. The number of nitrogens with one attached hydrogen (secondary N) is 3. The lowest BCUT2D eigenvalue weighted by atomic mass is 10.2. The number of alkyl halides is 3. The zero-order chi connectivity index (χ0) is 27.1. The quantitative estimate of drug-likeness (QED) is 0.101. The Morgan fingerprint density at radius 2 is 1.35 bits per heavy atom. The summed E-state index contributed by atoms with van der Waals surface area (Å²) in [5.74, 6) is -4.78. The fraction of sp³-hybridized carbons (Fsp3) is 0.0870. The van der Waals surface area contributed by atoms with E-state index in [0.29, 0.717) is 5.69 Å². The smallest absolute Gasteiger partial charge is 0.414 e. The van der Waals surface area contributed by atoms with Crippen LogP contribution in [0.2, 0.25) is 0 Å². The fourth-order valence-electron chi connectivity index (χ4n) is 2.91. The van der Waals surface area contributed by atoms with E-state index in [1.807, 2.05) is 5.32 Å². The molecule has 3 aromatic carbocycles. The minimum atomic E-state index is -5.45. The van der Waals surface area contributed by atoms with Crippen LogP contribution in [0.3, 0.4) is 0 Å². The number of nitrogens with two attached hydrogens (primary N) is 1. The van der Waals surface area contributed by atoms with E-state index < -0.39 is 31.6 Å². The molecule has 0 radical (unpaired) electrons. The summed E-state index contributed by atoms with van der Waals surface area (Å²) in [5, 5.41) is 11.8. The Kier molecular flexibility index (Phi) is 8.41. The number of hydrogen-bond acceptors (Lipinski definition) is 7. The van der Waals surface area contributed by atoms with Gasteiger partial charge in [0.15, 0.2) is 11.7 Å². The van der Waals surface area contributed by atoms with E-state index in [1.165, 1.54) is 48.5 Å². The molecule has 194 valence electrons. The summed E-state index contributed by atoms with van der Waals surface area (Å²) in [6.45, 7) is 0. The molecular formula is C23H20F3N4O6P. The molecule has 0 saturated carbocycles. The van der Waals surface area contributed by atoms with Gasteiger partial charge in [-0.15, -0.1) is 0 Å². The first-order valence-electron chi connectivity index (χ1n) is 10.4. The van der Waals surface area contributed by atoms with Gasteiger partial charge < -0.3 is 30.2 Å². The molecule has 0 fully saturated rings. The zero-order valence-electron chi connectivity index (χ0n) is 18.8. The molecule has 0 spiro atoms. The molecule has 0 aliphatic heterocycles. The number of guanidine groups is 1. The Balaban J connectivity index is 2.04. The Morgan fingerprint density at radius 3 is 1.78 bits per heavy atom. The third-order valence-corrected chi connectivity index (χ3v) is 6.44. The summed E-state index contributed by atoms with van der Waals surface area (Å²) in [4.78, 5) is 23.5. The van der Waals surface area contributed by atoms with Crippen molar-refractivity contribution < 1.29 is 41.1 Å². The van der Waals surface area contributed by atoms with Gasteiger partial charge in [-0.05, 0) is 42.0 Å². The van der Waals surface area contributed by atoms with Crippen LogP contribution in [0.4, 0.5) is 23.7 Å². The van der Waals surface area contributed by atoms with Crippen LogP contribution in [0.1, 0.15) is 11.3 Å².